The van der Waals surface area contributed by atoms with Gasteiger partial charge in [-0.05, 0) is 42.3 Å². The predicted molar refractivity (Wildman–Crippen MR) is 67.7 cm³/mol. The molecule has 0 saturated heterocycles. The van der Waals surface area contributed by atoms with Crippen LogP contribution in [-0.2, 0) is 11.2 Å². The molecule has 1 heterocycles. The fourth-order valence-electron chi connectivity index (χ4n) is 1.58. The second-order valence-corrected chi connectivity index (χ2v) is 4.07. The number of nitrogens with zero attached hydrogens (tertiary/aromatic N) is 1. The van der Waals surface area contributed by atoms with Crippen molar-refractivity contribution in [2.45, 2.75) is 13.3 Å². The monoisotopic (exact) mass is 244 g/mol. The van der Waals surface area contributed by atoms with Crippen LogP contribution in [0.3, 0.4) is 0 Å². The highest BCUT2D eigenvalue weighted by Crippen LogP contribution is 2.08. The lowest BCUT2D eigenvalue weighted by atomic mass is 10.1. The number of anilines is 1. The maximum Gasteiger partial charge on any atom is 0.229 e. The molecule has 2 rings (SSSR count). The number of aromatic nitrogens is 1. The van der Waals surface area contributed by atoms with E-state index in [4.69, 9.17) is 0 Å². The van der Waals surface area contributed by atoms with Crippen molar-refractivity contribution in [3.05, 3.63) is 59.5 Å². The van der Waals surface area contributed by atoms with Gasteiger partial charge >= 0.3 is 0 Å². The van der Waals surface area contributed by atoms with Gasteiger partial charge in [-0.3, -0.25) is 4.79 Å². The molecule has 3 nitrogen and oxygen atoms in total. The van der Waals surface area contributed by atoms with Gasteiger partial charge in [-0.2, -0.15) is 0 Å². The Hall–Kier alpha value is -2.23. The molecule has 0 spiro atoms. The Labute approximate surface area is 105 Å². The molecular weight excluding hydrogens is 231 g/mol. The van der Waals surface area contributed by atoms with Crippen LogP contribution in [-0.4, -0.2) is 10.9 Å². The zero-order chi connectivity index (χ0) is 13.0. The summed E-state index contributed by atoms with van der Waals surface area (Å²) in [4.78, 5) is 15.8. The zero-order valence-electron chi connectivity index (χ0n) is 9.98. The Morgan fingerprint density at radius 3 is 2.67 bits per heavy atom. The Kier molecular flexibility index (Phi) is 3.67. The predicted octanol–water partition coefficient (Wildman–Crippen LogP) is 2.71. The number of amides is 1. The third kappa shape index (κ3) is 3.38. The van der Waals surface area contributed by atoms with Gasteiger partial charge in [0.25, 0.3) is 0 Å². The first-order chi connectivity index (χ1) is 8.63. The van der Waals surface area contributed by atoms with E-state index >= 15 is 0 Å². The SMILES string of the molecule is Cc1ccnc(NC(=O)Cc2ccc(F)cc2)c1. The molecule has 1 N–H and O–H groups in total. The van der Waals surface area contributed by atoms with Crippen LogP contribution in [0.15, 0.2) is 42.6 Å². The van der Waals surface area contributed by atoms with Crippen molar-refractivity contribution >= 4 is 11.7 Å². The summed E-state index contributed by atoms with van der Waals surface area (Å²) in [6, 6.07) is 9.52. The number of pyridine rings is 1. The fraction of sp³-hybridized carbons (Fsp3) is 0.143. The normalized spacial score (nSPS) is 10.1. The summed E-state index contributed by atoms with van der Waals surface area (Å²) in [7, 11) is 0. The van der Waals surface area contributed by atoms with Crippen molar-refractivity contribution in [3.8, 4) is 0 Å². The first kappa shape index (κ1) is 12.2. The van der Waals surface area contributed by atoms with E-state index in [1.165, 1.54) is 12.1 Å². The van der Waals surface area contributed by atoms with Crippen molar-refractivity contribution in [1.82, 2.24) is 4.98 Å². The molecule has 0 unspecified atom stereocenters. The van der Waals surface area contributed by atoms with Gasteiger partial charge in [0.05, 0.1) is 6.42 Å². The molecule has 2 aromatic rings. The van der Waals surface area contributed by atoms with Crippen LogP contribution in [0.1, 0.15) is 11.1 Å². The van der Waals surface area contributed by atoms with Crippen LogP contribution in [0.5, 0.6) is 0 Å². The highest BCUT2D eigenvalue weighted by molar-refractivity contribution is 5.91. The van der Waals surface area contributed by atoms with E-state index in [0.717, 1.165) is 11.1 Å². The molecule has 0 radical (unpaired) electrons. The Balaban J connectivity index is 1.98. The van der Waals surface area contributed by atoms with Gasteiger partial charge in [0.15, 0.2) is 0 Å². The maximum atomic E-state index is 12.7. The summed E-state index contributed by atoms with van der Waals surface area (Å²) in [5.74, 6) is 0.0568. The molecule has 1 amide bonds. The molecule has 4 heteroatoms. The summed E-state index contributed by atoms with van der Waals surface area (Å²) >= 11 is 0. The van der Waals surface area contributed by atoms with E-state index in [9.17, 15) is 9.18 Å². The van der Waals surface area contributed by atoms with Crippen molar-refractivity contribution in [3.63, 3.8) is 0 Å². The van der Waals surface area contributed by atoms with Gasteiger partial charge in [-0.25, -0.2) is 9.37 Å². The van der Waals surface area contributed by atoms with Crippen LogP contribution >= 0.6 is 0 Å². The average Bonchev–Trinajstić information content (AvgIpc) is 2.32. The van der Waals surface area contributed by atoms with Gasteiger partial charge in [-0.15, -0.1) is 0 Å². The number of nitrogens with one attached hydrogen (secondary N) is 1. The molecule has 1 aromatic heterocycles. The highest BCUT2D eigenvalue weighted by atomic mass is 19.1. The van der Waals surface area contributed by atoms with Gasteiger partial charge < -0.3 is 5.32 Å². The number of halogens is 1. The number of benzene rings is 1. The summed E-state index contributed by atoms with van der Waals surface area (Å²) < 4.78 is 12.7. The van der Waals surface area contributed by atoms with Crippen LogP contribution in [0.2, 0.25) is 0 Å². The van der Waals surface area contributed by atoms with Crippen LogP contribution in [0.4, 0.5) is 10.2 Å². The lowest BCUT2D eigenvalue weighted by Crippen LogP contribution is -2.15. The first-order valence-corrected chi connectivity index (χ1v) is 5.60. The number of hydrogen-bond acceptors (Lipinski definition) is 2. The van der Waals surface area contributed by atoms with Crippen molar-refractivity contribution in [2.24, 2.45) is 0 Å². The molecule has 1 aromatic carbocycles. The topological polar surface area (TPSA) is 42.0 Å². The number of rotatable bonds is 3. The summed E-state index contributed by atoms with van der Waals surface area (Å²) in [6.45, 7) is 1.93. The Morgan fingerprint density at radius 2 is 2.00 bits per heavy atom. The standard InChI is InChI=1S/C14H13FN2O/c1-10-6-7-16-13(8-10)17-14(18)9-11-2-4-12(15)5-3-11/h2-8H,9H2,1H3,(H,16,17,18). The van der Waals surface area contributed by atoms with E-state index < -0.39 is 0 Å². The van der Waals surface area contributed by atoms with Crippen molar-refractivity contribution < 1.29 is 9.18 Å². The fourth-order valence-corrected chi connectivity index (χ4v) is 1.58. The van der Waals surface area contributed by atoms with Crippen LogP contribution in [0.25, 0.3) is 0 Å². The zero-order valence-corrected chi connectivity index (χ0v) is 9.98. The second kappa shape index (κ2) is 5.40. The molecule has 0 bridgehead atoms. The van der Waals surface area contributed by atoms with E-state index in [2.05, 4.69) is 10.3 Å². The highest BCUT2D eigenvalue weighted by Gasteiger charge is 2.05. The third-order valence-corrected chi connectivity index (χ3v) is 2.46. The Morgan fingerprint density at radius 1 is 1.28 bits per heavy atom. The van der Waals surface area contributed by atoms with Gasteiger partial charge in [-0.1, -0.05) is 12.1 Å². The lowest BCUT2D eigenvalue weighted by molar-refractivity contribution is -0.115. The van der Waals surface area contributed by atoms with E-state index in [0.29, 0.717) is 5.82 Å². The molecular formula is C14H13FN2O. The maximum absolute atomic E-state index is 12.7. The molecule has 0 aliphatic carbocycles. The lowest BCUT2D eigenvalue weighted by Gasteiger charge is -2.05. The third-order valence-electron chi connectivity index (χ3n) is 2.46. The smallest absolute Gasteiger partial charge is 0.229 e. The van der Waals surface area contributed by atoms with E-state index in [1.54, 1.807) is 24.4 Å². The van der Waals surface area contributed by atoms with Crippen molar-refractivity contribution in [2.75, 3.05) is 5.32 Å². The molecule has 0 atom stereocenters. The van der Waals surface area contributed by atoms with Gasteiger partial charge in [0, 0.05) is 6.20 Å². The molecule has 0 fully saturated rings. The van der Waals surface area contributed by atoms with Crippen LogP contribution < -0.4 is 5.32 Å². The van der Waals surface area contributed by atoms with Crippen LogP contribution in [0, 0.1) is 12.7 Å². The molecule has 0 aliphatic heterocycles. The van der Waals surface area contributed by atoms with Crippen molar-refractivity contribution in [1.29, 1.82) is 0 Å². The van der Waals surface area contributed by atoms with Gasteiger partial charge in [0.1, 0.15) is 11.6 Å². The number of carbonyl (C=O) groups is 1. The molecule has 18 heavy (non-hydrogen) atoms. The average molecular weight is 244 g/mol. The minimum atomic E-state index is -0.306. The molecule has 0 aliphatic rings. The quantitative estimate of drug-likeness (QED) is 0.902. The number of hydrogen-bond donors (Lipinski definition) is 1. The number of aryl methyl sites for hydroxylation is 1. The summed E-state index contributed by atoms with van der Waals surface area (Å²) in [5, 5.41) is 2.70. The largest absolute Gasteiger partial charge is 0.310 e. The molecule has 92 valence electrons. The first-order valence-electron chi connectivity index (χ1n) is 5.60. The minimum Gasteiger partial charge on any atom is -0.310 e. The Bertz CT molecular complexity index is 552. The number of carbonyl (C=O) groups excluding carboxylic acids is 1. The second-order valence-electron chi connectivity index (χ2n) is 4.07. The summed E-state index contributed by atoms with van der Waals surface area (Å²) in [5.41, 5.74) is 1.80. The minimum absolute atomic E-state index is 0.167. The molecule has 0 saturated carbocycles. The van der Waals surface area contributed by atoms with E-state index in [-0.39, 0.29) is 18.1 Å². The van der Waals surface area contributed by atoms with E-state index in [1.807, 2.05) is 13.0 Å². The summed E-state index contributed by atoms with van der Waals surface area (Å²) in [6.07, 6.45) is 1.85. The van der Waals surface area contributed by atoms with Gasteiger partial charge in [0.2, 0.25) is 5.91 Å².